The Hall–Kier alpha value is -3.06. The molecule has 0 atom stereocenters. The minimum Gasteiger partial charge on any atom is -0.491 e. The summed E-state index contributed by atoms with van der Waals surface area (Å²) in [6, 6.07) is 13.9. The number of hydrogen-bond donors (Lipinski definition) is 2. The standard InChI is InChI=1S/C21H26N2O5/c1-3-12-28-21(25)16-4-6-17(7-5-16)22-15-20(24)23-18-8-10-19(11-9-18)27-14-13-26-2/h4-11,22H,3,12-15H2,1-2H3,(H,23,24). The monoisotopic (exact) mass is 386 g/mol. The first-order valence-corrected chi connectivity index (χ1v) is 9.15. The molecular weight excluding hydrogens is 360 g/mol. The largest absolute Gasteiger partial charge is 0.491 e. The number of esters is 1. The Bertz CT molecular complexity index is 744. The lowest BCUT2D eigenvalue weighted by Gasteiger charge is -2.10. The summed E-state index contributed by atoms with van der Waals surface area (Å²) in [6.07, 6.45) is 0.782. The van der Waals surface area contributed by atoms with E-state index in [1.807, 2.05) is 6.92 Å². The van der Waals surface area contributed by atoms with E-state index in [0.29, 0.717) is 36.8 Å². The Balaban J connectivity index is 1.76. The quantitative estimate of drug-likeness (QED) is 0.455. The van der Waals surface area contributed by atoms with Crippen LogP contribution in [-0.2, 0) is 14.3 Å². The van der Waals surface area contributed by atoms with Gasteiger partial charge in [0.05, 0.1) is 25.3 Å². The molecule has 0 aliphatic rings. The maximum atomic E-state index is 12.1. The minimum absolute atomic E-state index is 0.103. The zero-order valence-electron chi connectivity index (χ0n) is 16.2. The van der Waals surface area contributed by atoms with Gasteiger partial charge in [-0.1, -0.05) is 6.92 Å². The number of carbonyl (C=O) groups is 2. The van der Waals surface area contributed by atoms with Crippen LogP contribution < -0.4 is 15.4 Å². The first-order chi connectivity index (χ1) is 13.6. The van der Waals surface area contributed by atoms with E-state index in [0.717, 1.165) is 12.1 Å². The number of anilines is 2. The van der Waals surface area contributed by atoms with Crippen LogP contribution >= 0.6 is 0 Å². The zero-order valence-corrected chi connectivity index (χ0v) is 16.2. The molecule has 0 heterocycles. The average molecular weight is 386 g/mol. The van der Waals surface area contributed by atoms with E-state index in [1.165, 1.54) is 0 Å². The van der Waals surface area contributed by atoms with Gasteiger partial charge in [0, 0.05) is 18.5 Å². The molecule has 0 aliphatic heterocycles. The summed E-state index contributed by atoms with van der Waals surface area (Å²) in [7, 11) is 1.62. The Kier molecular flexibility index (Phi) is 8.81. The van der Waals surface area contributed by atoms with Gasteiger partial charge in [0.1, 0.15) is 12.4 Å². The second-order valence-electron chi connectivity index (χ2n) is 5.98. The summed E-state index contributed by atoms with van der Waals surface area (Å²) in [6.45, 7) is 3.44. The third-order valence-corrected chi connectivity index (χ3v) is 3.71. The Morgan fingerprint density at radius 3 is 2.21 bits per heavy atom. The molecule has 0 saturated heterocycles. The highest BCUT2D eigenvalue weighted by Crippen LogP contribution is 2.16. The lowest BCUT2D eigenvalue weighted by atomic mass is 10.2. The van der Waals surface area contributed by atoms with Gasteiger partial charge in [0.2, 0.25) is 5.91 Å². The number of carbonyl (C=O) groups excluding carboxylic acids is 2. The molecule has 7 heteroatoms. The molecule has 0 fully saturated rings. The number of ether oxygens (including phenoxy) is 3. The predicted molar refractivity (Wildman–Crippen MR) is 108 cm³/mol. The molecule has 0 aliphatic carbocycles. The maximum Gasteiger partial charge on any atom is 0.338 e. The van der Waals surface area contributed by atoms with Crippen molar-refractivity contribution in [2.24, 2.45) is 0 Å². The van der Waals surface area contributed by atoms with Crippen LogP contribution in [0.1, 0.15) is 23.7 Å². The van der Waals surface area contributed by atoms with Crippen LogP contribution in [0, 0.1) is 0 Å². The third-order valence-electron chi connectivity index (χ3n) is 3.71. The van der Waals surface area contributed by atoms with Gasteiger partial charge in [-0.15, -0.1) is 0 Å². The fourth-order valence-corrected chi connectivity index (χ4v) is 2.27. The van der Waals surface area contributed by atoms with Crippen LogP contribution in [0.2, 0.25) is 0 Å². The van der Waals surface area contributed by atoms with Gasteiger partial charge in [-0.25, -0.2) is 4.79 Å². The molecule has 28 heavy (non-hydrogen) atoms. The molecule has 150 valence electrons. The van der Waals surface area contributed by atoms with Crippen LogP contribution in [0.5, 0.6) is 5.75 Å². The Morgan fingerprint density at radius 2 is 1.57 bits per heavy atom. The van der Waals surface area contributed by atoms with Gasteiger partial charge in [-0.3, -0.25) is 4.79 Å². The van der Waals surface area contributed by atoms with E-state index < -0.39 is 0 Å². The normalized spacial score (nSPS) is 10.2. The highest BCUT2D eigenvalue weighted by atomic mass is 16.5. The van der Waals surface area contributed by atoms with Crippen LogP contribution in [-0.4, -0.2) is 45.4 Å². The molecule has 0 spiro atoms. The lowest BCUT2D eigenvalue weighted by molar-refractivity contribution is -0.114. The van der Waals surface area contributed by atoms with Gasteiger partial charge >= 0.3 is 5.97 Å². The van der Waals surface area contributed by atoms with Gasteiger partial charge in [-0.05, 0) is 55.0 Å². The lowest BCUT2D eigenvalue weighted by Crippen LogP contribution is -2.21. The van der Waals surface area contributed by atoms with Crippen LogP contribution in [0.15, 0.2) is 48.5 Å². The summed E-state index contributed by atoms with van der Waals surface area (Å²) in [4.78, 5) is 23.8. The van der Waals surface area contributed by atoms with Crippen molar-refractivity contribution in [3.63, 3.8) is 0 Å². The van der Waals surface area contributed by atoms with Crippen molar-refractivity contribution in [3.8, 4) is 5.75 Å². The predicted octanol–water partition coefficient (Wildman–Crippen LogP) is 3.33. The van der Waals surface area contributed by atoms with Gasteiger partial charge in [0.25, 0.3) is 0 Å². The summed E-state index contributed by atoms with van der Waals surface area (Å²) >= 11 is 0. The fourth-order valence-electron chi connectivity index (χ4n) is 2.27. The van der Waals surface area contributed by atoms with E-state index in [9.17, 15) is 9.59 Å². The molecule has 0 saturated carbocycles. The zero-order chi connectivity index (χ0) is 20.2. The summed E-state index contributed by atoms with van der Waals surface area (Å²) in [5, 5.41) is 5.82. The minimum atomic E-state index is -0.346. The summed E-state index contributed by atoms with van der Waals surface area (Å²) in [5.41, 5.74) is 1.90. The van der Waals surface area contributed by atoms with Crippen molar-refractivity contribution in [2.75, 3.05) is 44.1 Å². The topological polar surface area (TPSA) is 85.9 Å². The summed E-state index contributed by atoms with van der Waals surface area (Å²) in [5.74, 6) is 0.186. The molecule has 2 aromatic carbocycles. The maximum absolute atomic E-state index is 12.1. The molecule has 2 N–H and O–H groups in total. The second-order valence-corrected chi connectivity index (χ2v) is 5.98. The van der Waals surface area contributed by atoms with E-state index in [2.05, 4.69) is 10.6 Å². The molecule has 0 radical (unpaired) electrons. The molecule has 7 nitrogen and oxygen atoms in total. The fraction of sp³-hybridized carbons (Fsp3) is 0.333. The number of hydrogen-bond acceptors (Lipinski definition) is 6. The van der Waals surface area contributed by atoms with Crippen molar-refractivity contribution in [2.45, 2.75) is 13.3 Å². The van der Waals surface area contributed by atoms with E-state index >= 15 is 0 Å². The molecule has 0 unspecified atom stereocenters. The third kappa shape index (κ3) is 7.28. The van der Waals surface area contributed by atoms with Gasteiger partial charge in [0.15, 0.2) is 0 Å². The molecule has 1 amide bonds. The molecule has 2 aromatic rings. The van der Waals surface area contributed by atoms with Crippen LogP contribution in [0.4, 0.5) is 11.4 Å². The number of benzene rings is 2. The smallest absolute Gasteiger partial charge is 0.338 e. The van der Waals surface area contributed by atoms with E-state index in [1.54, 1.807) is 55.6 Å². The number of rotatable bonds is 11. The molecular formula is C21H26N2O5. The molecule has 0 bridgehead atoms. The number of methoxy groups -OCH3 is 1. The van der Waals surface area contributed by atoms with Crippen LogP contribution in [0.3, 0.4) is 0 Å². The number of nitrogens with one attached hydrogen (secondary N) is 2. The highest BCUT2D eigenvalue weighted by Gasteiger charge is 2.07. The highest BCUT2D eigenvalue weighted by molar-refractivity contribution is 5.94. The molecule has 2 rings (SSSR count). The summed E-state index contributed by atoms with van der Waals surface area (Å²) < 4.78 is 15.5. The number of amides is 1. The Labute approximate surface area is 165 Å². The Morgan fingerprint density at radius 1 is 0.893 bits per heavy atom. The average Bonchev–Trinajstić information content (AvgIpc) is 2.72. The van der Waals surface area contributed by atoms with Gasteiger partial charge in [-0.2, -0.15) is 0 Å². The van der Waals surface area contributed by atoms with Crippen LogP contribution in [0.25, 0.3) is 0 Å². The van der Waals surface area contributed by atoms with Crippen molar-refractivity contribution in [1.29, 1.82) is 0 Å². The van der Waals surface area contributed by atoms with Crippen molar-refractivity contribution in [1.82, 2.24) is 0 Å². The second kappa shape index (κ2) is 11.6. The van der Waals surface area contributed by atoms with E-state index in [4.69, 9.17) is 14.2 Å². The SMILES string of the molecule is CCCOC(=O)c1ccc(NCC(=O)Nc2ccc(OCCOC)cc2)cc1. The van der Waals surface area contributed by atoms with Crippen molar-refractivity contribution < 1.29 is 23.8 Å². The van der Waals surface area contributed by atoms with Gasteiger partial charge < -0.3 is 24.8 Å². The van der Waals surface area contributed by atoms with Crippen molar-refractivity contribution in [3.05, 3.63) is 54.1 Å². The first kappa shape index (κ1) is 21.2. The first-order valence-electron chi connectivity index (χ1n) is 9.15. The van der Waals surface area contributed by atoms with E-state index in [-0.39, 0.29) is 18.4 Å². The van der Waals surface area contributed by atoms with Crippen molar-refractivity contribution >= 4 is 23.3 Å². The molecule has 0 aromatic heterocycles.